The average Bonchev–Trinajstić information content (AvgIpc) is 2.07. The molecule has 1 aliphatic carbocycles. The van der Waals surface area contributed by atoms with Crippen LogP contribution in [0.5, 0.6) is 0 Å². The molecule has 1 saturated heterocycles. The van der Waals surface area contributed by atoms with Crippen LogP contribution >= 0.6 is 0 Å². The molecule has 0 aromatic heterocycles. The van der Waals surface area contributed by atoms with Crippen LogP contribution in [-0.4, -0.2) is 13.2 Å². The monoisotopic (exact) mass is 154 g/mol. The molecule has 2 nitrogen and oxygen atoms in total. The van der Waals surface area contributed by atoms with Gasteiger partial charge in [0.15, 0.2) is 0 Å². The largest absolute Gasteiger partial charge is 0.237 e. The predicted octanol–water partition coefficient (Wildman–Crippen LogP) is 2.06. The molecule has 1 atom stereocenters. The highest BCUT2D eigenvalue weighted by Gasteiger charge is 2.33. The van der Waals surface area contributed by atoms with Crippen molar-refractivity contribution in [2.45, 2.75) is 25.7 Å². The minimum absolute atomic E-state index is 0.424. The van der Waals surface area contributed by atoms with Gasteiger partial charge in [0.1, 0.15) is 0 Å². The fourth-order valence-corrected chi connectivity index (χ4v) is 1.86. The Bertz CT molecular complexity index is 157. The molecule has 0 saturated carbocycles. The Hall–Kier alpha value is -0.340. The highest BCUT2D eigenvalue weighted by atomic mass is 17.2. The summed E-state index contributed by atoms with van der Waals surface area (Å²) in [6, 6.07) is 0. The van der Waals surface area contributed by atoms with Crippen LogP contribution in [0.2, 0.25) is 0 Å². The molecule has 1 spiro atoms. The summed E-state index contributed by atoms with van der Waals surface area (Å²) in [6.45, 7) is 1.56. The van der Waals surface area contributed by atoms with Crippen LogP contribution in [0.1, 0.15) is 25.7 Å². The number of hydrogen-bond acceptors (Lipinski definition) is 2. The minimum Gasteiger partial charge on any atom is -0.237 e. The fraction of sp³-hybridized carbons (Fsp3) is 0.778. The Kier molecular flexibility index (Phi) is 1.96. The molecule has 0 radical (unpaired) electrons. The summed E-state index contributed by atoms with van der Waals surface area (Å²) in [5.41, 5.74) is 0.424. The number of allylic oxidation sites excluding steroid dienone is 2. The van der Waals surface area contributed by atoms with E-state index < -0.39 is 0 Å². The van der Waals surface area contributed by atoms with E-state index in [2.05, 4.69) is 12.2 Å². The molecule has 1 fully saturated rings. The first-order chi connectivity index (χ1) is 5.41. The van der Waals surface area contributed by atoms with E-state index in [0.29, 0.717) is 5.41 Å². The van der Waals surface area contributed by atoms with Crippen LogP contribution in [0, 0.1) is 5.41 Å². The Labute approximate surface area is 67.1 Å². The molecular weight excluding hydrogens is 140 g/mol. The van der Waals surface area contributed by atoms with Crippen LogP contribution in [0.15, 0.2) is 12.2 Å². The van der Waals surface area contributed by atoms with Gasteiger partial charge in [0.25, 0.3) is 0 Å². The number of rotatable bonds is 0. The van der Waals surface area contributed by atoms with Gasteiger partial charge in [0.05, 0.1) is 13.2 Å². The lowest BCUT2D eigenvalue weighted by atomic mass is 9.75. The second-order valence-electron chi connectivity index (χ2n) is 3.55. The summed E-state index contributed by atoms with van der Waals surface area (Å²) < 4.78 is 0. The van der Waals surface area contributed by atoms with Crippen LogP contribution < -0.4 is 0 Å². The third-order valence-corrected chi connectivity index (χ3v) is 2.72. The first-order valence-corrected chi connectivity index (χ1v) is 4.31. The summed E-state index contributed by atoms with van der Waals surface area (Å²) >= 11 is 0. The fourth-order valence-electron chi connectivity index (χ4n) is 1.86. The normalized spacial score (nSPS) is 37.8. The van der Waals surface area contributed by atoms with E-state index in [4.69, 9.17) is 9.78 Å². The SMILES string of the molecule is C1=CCC2(CC1)CCOOC2. The Morgan fingerprint density at radius 1 is 1.09 bits per heavy atom. The Morgan fingerprint density at radius 2 is 2.09 bits per heavy atom. The second-order valence-corrected chi connectivity index (χ2v) is 3.55. The third kappa shape index (κ3) is 1.47. The van der Waals surface area contributed by atoms with Gasteiger partial charge in [-0.05, 0) is 25.7 Å². The molecule has 0 N–H and O–H groups in total. The summed E-state index contributed by atoms with van der Waals surface area (Å²) in [4.78, 5) is 9.90. The zero-order valence-corrected chi connectivity index (χ0v) is 6.71. The van der Waals surface area contributed by atoms with E-state index in [0.717, 1.165) is 19.6 Å². The zero-order valence-electron chi connectivity index (χ0n) is 6.71. The van der Waals surface area contributed by atoms with E-state index in [1.54, 1.807) is 0 Å². The maximum absolute atomic E-state index is 5.03. The highest BCUT2D eigenvalue weighted by molar-refractivity contribution is 4.98. The van der Waals surface area contributed by atoms with Crippen molar-refractivity contribution in [3.05, 3.63) is 12.2 Å². The van der Waals surface area contributed by atoms with Crippen molar-refractivity contribution in [2.75, 3.05) is 13.2 Å². The lowest BCUT2D eigenvalue weighted by Gasteiger charge is -2.36. The third-order valence-electron chi connectivity index (χ3n) is 2.72. The van der Waals surface area contributed by atoms with Crippen molar-refractivity contribution >= 4 is 0 Å². The first-order valence-electron chi connectivity index (χ1n) is 4.31. The van der Waals surface area contributed by atoms with Crippen LogP contribution in [0.25, 0.3) is 0 Å². The molecule has 11 heavy (non-hydrogen) atoms. The van der Waals surface area contributed by atoms with Crippen molar-refractivity contribution in [1.82, 2.24) is 0 Å². The maximum atomic E-state index is 5.03. The molecule has 2 aliphatic rings. The van der Waals surface area contributed by atoms with E-state index in [1.807, 2.05) is 0 Å². The van der Waals surface area contributed by atoms with E-state index >= 15 is 0 Å². The molecule has 0 amide bonds. The van der Waals surface area contributed by atoms with Gasteiger partial charge in [-0.25, -0.2) is 9.78 Å². The molecular formula is C9H14O2. The zero-order chi connectivity index (χ0) is 7.57. The summed E-state index contributed by atoms with van der Waals surface area (Å²) in [5.74, 6) is 0. The van der Waals surface area contributed by atoms with Crippen molar-refractivity contribution < 1.29 is 9.78 Å². The molecule has 0 aromatic rings. The maximum Gasteiger partial charge on any atom is 0.0882 e. The number of hydrogen-bond donors (Lipinski definition) is 0. The average molecular weight is 154 g/mol. The topological polar surface area (TPSA) is 18.5 Å². The van der Waals surface area contributed by atoms with Gasteiger partial charge < -0.3 is 0 Å². The van der Waals surface area contributed by atoms with Gasteiger partial charge in [0, 0.05) is 5.41 Å². The summed E-state index contributed by atoms with van der Waals surface area (Å²) in [6.07, 6.45) is 9.36. The molecule has 1 unspecified atom stereocenters. The quantitative estimate of drug-likeness (QED) is 0.393. The van der Waals surface area contributed by atoms with Gasteiger partial charge in [-0.1, -0.05) is 12.2 Å². The van der Waals surface area contributed by atoms with Gasteiger partial charge >= 0.3 is 0 Å². The lowest BCUT2D eigenvalue weighted by Crippen LogP contribution is -2.33. The van der Waals surface area contributed by atoms with Gasteiger partial charge in [0.2, 0.25) is 0 Å². The van der Waals surface area contributed by atoms with Crippen molar-refractivity contribution in [2.24, 2.45) is 5.41 Å². The van der Waals surface area contributed by atoms with Crippen molar-refractivity contribution in [3.63, 3.8) is 0 Å². The first kappa shape index (κ1) is 7.32. The van der Waals surface area contributed by atoms with Crippen LogP contribution in [0.3, 0.4) is 0 Å². The smallest absolute Gasteiger partial charge is 0.0882 e. The Morgan fingerprint density at radius 3 is 2.73 bits per heavy atom. The molecule has 2 rings (SSSR count). The standard InChI is InChI=1S/C9H14O2/c1-2-4-9(5-3-1)6-7-10-11-8-9/h1-2H,3-8H2. The van der Waals surface area contributed by atoms with E-state index in [9.17, 15) is 0 Å². The van der Waals surface area contributed by atoms with Crippen LogP contribution in [0.4, 0.5) is 0 Å². The summed E-state index contributed by atoms with van der Waals surface area (Å²) in [5, 5.41) is 0. The predicted molar refractivity (Wildman–Crippen MR) is 41.9 cm³/mol. The summed E-state index contributed by atoms with van der Waals surface area (Å²) in [7, 11) is 0. The van der Waals surface area contributed by atoms with E-state index in [-0.39, 0.29) is 0 Å². The Balaban J connectivity index is 2.01. The van der Waals surface area contributed by atoms with Gasteiger partial charge in [-0.2, -0.15) is 0 Å². The lowest BCUT2D eigenvalue weighted by molar-refractivity contribution is -0.340. The molecule has 1 aliphatic heterocycles. The second kappa shape index (κ2) is 2.95. The van der Waals surface area contributed by atoms with E-state index in [1.165, 1.54) is 19.3 Å². The van der Waals surface area contributed by atoms with Gasteiger partial charge in [-0.3, -0.25) is 0 Å². The minimum atomic E-state index is 0.424. The van der Waals surface area contributed by atoms with Gasteiger partial charge in [-0.15, -0.1) is 0 Å². The molecule has 62 valence electrons. The highest BCUT2D eigenvalue weighted by Crippen LogP contribution is 2.38. The molecule has 0 aromatic carbocycles. The van der Waals surface area contributed by atoms with Crippen molar-refractivity contribution in [3.8, 4) is 0 Å². The van der Waals surface area contributed by atoms with Crippen LogP contribution in [-0.2, 0) is 9.78 Å². The van der Waals surface area contributed by atoms with Crippen molar-refractivity contribution in [1.29, 1.82) is 0 Å². The molecule has 2 heteroatoms. The molecule has 0 bridgehead atoms. The molecule has 1 heterocycles.